The van der Waals surface area contributed by atoms with E-state index in [0.29, 0.717) is 5.56 Å². The molecule has 0 spiro atoms. The van der Waals surface area contributed by atoms with Gasteiger partial charge >= 0.3 is 5.69 Å². The molecule has 0 heterocycles. The van der Waals surface area contributed by atoms with Crippen LogP contribution < -0.4 is 10.7 Å². The van der Waals surface area contributed by atoms with Crippen LogP contribution >= 0.6 is 0 Å². The van der Waals surface area contributed by atoms with Crippen molar-refractivity contribution in [3.05, 3.63) is 33.9 Å². The second-order valence-electron chi connectivity index (χ2n) is 2.30. The van der Waals surface area contributed by atoms with E-state index in [4.69, 9.17) is 5.90 Å². The summed E-state index contributed by atoms with van der Waals surface area (Å²) in [6.45, 7) is 1.69. The van der Waals surface area contributed by atoms with Crippen LogP contribution in [0.1, 0.15) is 5.56 Å². The van der Waals surface area contributed by atoms with Crippen LogP contribution in [0.3, 0.4) is 0 Å². The number of nitrogens with two attached hydrogens (primary N) is 1. The van der Waals surface area contributed by atoms with Gasteiger partial charge in [0, 0.05) is 11.6 Å². The Hall–Kier alpha value is -1.62. The standard InChI is InChI=1S/C7H8N2O3/c1-5-3-2-4-6(9(10)11)7(5)12-8/h2-4H,8H2,1H3. The van der Waals surface area contributed by atoms with Gasteiger partial charge in [-0.15, -0.1) is 0 Å². The largest absolute Gasteiger partial charge is 0.404 e. The van der Waals surface area contributed by atoms with Crippen molar-refractivity contribution < 1.29 is 9.76 Å². The Morgan fingerprint density at radius 1 is 1.58 bits per heavy atom. The molecule has 0 aromatic heterocycles. The fourth-order valence-electron chi connectivity index (χ4n) is 0.934. The second kappa shape index (κ2) is 3.19. The van der Waals surface area contributed by atoms with Crippen molar-refractivity contribution in [3.63, 3.8) is 0 Å². The van der Waals surface area contributed by atoms with Crippen molar-refractivity contribution in [2.75, 3.05) is 0 Å². The number of para-hydroxylation sites is 1. The van der Waals surface area contributed by atoms with E-state index < -0.39 is 4.92 Å². The van der Waals surface area contributed by atoms with E-state index >= 15 is 0 Å². The molecule has 1 rings (SSSR count). The van der Waals surface area contributed by atoms with Crippen LogP contribution in [-0.2, 0) is 0 Å². The molecule has 0 aliphatic heterocycles. The number of benzene rings is 1. The van der Waals surface area contributed by atoms with Gasteiger partial charge in [0.25, 0.3) is 0 Å². The first kappa shape index (κ1) is 8.48. The Morgan fingerprint density at radius 3 is 2.67 bits per heavy atom. The summed E-state index contributed by atoms with van der Waals surface area (Å²) >= 11 is 0. The lowest BCUT2D eigenvalue weighted by molar-refractivity contribution is -0.386. The van der Waals surface area contributed by atoms with Crippen LogP contribution in [0.2, 0.25) is 0 Å². The zero-order chi connectivity index (χ0) is 9.14. The maximum atomic E-state index is 10.4. The maximum Gasteiger partial charge on any atom is 0.313 e. The van der Waals surface area contributed by atoms with Crippen molar-refractivity contribution in [1.29, 1.82) is 0 Å². The van der Waals surface area contributed by atoms with Crippen LogP contribution in [0, 0.1) is 17.0 Å². The van der Waals surface area contributed by atoms with E-state index in [-0.39, 0.29) is 11.4 Å². The highest BCUT2D eigenvalue weighted by Gasteiger charge is 2.15. The van der Waals surface area contributed by atoms with Gasteiger partial charge in [0.05, 0.1) is 4.92 Å². The molecule has 1 aromatic rings. The Balaban J connectivity index is 3.27. The average molecular weight is 168 g/mol. The molecule has 2 N–H and O–H groups in total. The van der Waals surface area contributed by atoms with Crippen molar-refractivity contribution in [1.82, 2.24) is 0 Å². The summed E-state index contributed by atoms with van der Waals surface area (Å²) in [5, 5.41) is 10.4. The molecule has 0 atom stereocenters. The smallest absolute Gasteiger partial charge is 0.313 e. The minimum absolute atomic E-state index is 0.113. The van der Waals surface area contributed by atoms with E-state index in [1.54, 1.807) is 19.1 Å². The second-order valence-corrected chi connectivity index (χ2v) is 2.30. The number of hydrogen-bond acceptors (Lipinski definition) is 4. The lowest BCUT2D eigenvalue weighted by atomic mass is 10.2. The summed E-state index contributed by atoms with van der Waals surface area (Å²) in [5.74, 6) is 5.00. The third kappa shape index (κ3) is 1.35. The molecule has 0 unspecified atom stereocenters. The normalized spacial score (nSPS) is 9.50. The average Bonchev–Trinajstić information content (AvgIpc) is 2.03. The molecule has 0 amide bonds. The topological polar surface area (TPSA) is 78.4 Å². The molecule has 0 aliphatic carbocycles. The van der Waals surface area contributed by atoms with Gasteiger partial charge in [0.1, 0.15) is 0 Å². The molecule has 5 nitrogen and oxygen atoms in total. The highest BCUT2D eigenvalue weighted by atomic mass is 16.6. The van der Waals surface area contributed by atoms with Gasteiger partial charge in [0.2, 0.25) is 5.75 Å². The highest BCUT2D eigenvalue weighted by Crippen LogP contribution is 2.28. The van der Waals surface area contributed by atoms with Gasteiger partial charge in [0.15, 0.2) is 0 Å². The number of hydrogen-bond donors (Lipinski definition) is 1. The van der Waals surface area contributed by atoms with Crippen LogP contribution in [-0.4, -0.2) is 4.92 Å². The number of nitro benzene ring substituents is 1. The van der Waals surface area contributed by atoms with Gasteiger partial charge in [-0.3, -0.25) is 10.1 Å². The van der Waals surface area contributed by atoms with Gasteiger partial charge in [-0.05, 0) is 6.92 Å². The van der Waals surface area contributed by atoms with Gasteiger partial charge in [-0.2, -0.15) is 5.90 Å². The first-order valence-electron chi connectivity index (χ1n) is 3.27. The minimum Gasteiger partial charge on any atom is -0.404 e. The zero-order valence-electron chi connectivity index (χ0n) is 6.48. The van der Waals surface area contributed by atoms with Gasteiger partial charge in [-0.1, -0.05) is 12.1 Å². The summed E-state index contributed by atoms with van der Waals surface area (Å²) in [6, 6.07) is 4.61. The molecule has 5 heteroatoms. The number of rotatable bonds is 2. The Bertz CT molecular complexity index is 312. The molecular formula is C7H8N2O3. The van der Waals surface area contributed by atoms with Gasteiger partial charge < -0.3 is 4.84 Å². The van der Waals surface area contributed by atoms with E-state index in [2.05, 4.69) is 4.84 Å². The molecule has 0 radical (unpaired) electrons. The Labute approximate surface area is 68.9 Å². The Morgan fingerprint density at radius 2 is 2.25 bits per heavy atom. The molecule has 0 fully saturated rings. The third-order valence-corrected chi connectivity index (χ3v) is 1.51. The lowest BCUT2D eigenvalue weighted by Gasteiger charge is -2.02. The van der Waals surface area contributed by atoms with Crippen molar-refractivity contribution >= 4 is 5.69 Å². The zero-order valence-corrected chi connectivity index (χ0v) is 6.48. The third-order valence-electron chi connectivity index (χ3n) is 1.51. The fraction of sp³-hybridized carbons (Fsp3) is 0.143. The lowest BCUT2D eigenvalue weighted by Crippen LogP contribution is -2.06. The predicted octanol–water partition coefficient (Wildman–Crippen LogP) is 1.16. The van der Waals surface area contributed by atoms with E-state index in [1.165, 1.54) is 6.07 Å². The monoisotopic (exact) mass is 168 g/mol. The molecular weight excluding hydrogens is 160 g/mol. The SMILES string of the molecule is Cc1cccc([N+](=O)[O-])c1ON. The van der Waals surface area contributed by atoms with Gasteiger partial charge in [-0.25, -0.2) is 0 Å². The first-order chi connectivity index (χ1) is 5.66. The highest BCUT2D eigenvalue weighted by molar-refractivity contribution is 5.50. The van der Waals surface area contributed by atoms with Crippen LogP contribution in [0.4, 0.5) is 5.69 Å². The first-order valence-corrected chi connectivity index (χ1v) is 3.27. The maximum absolute atomic E-state index is 10.4. The summed E-state index contributed by atoms with van der Waals surface area (Å²) in [6.07, 6.45) is 0. The number of aryl methyl sites for hydroxylation is 1. The molecule has 1 aromatic carbocycles. The summed E-state index contributed by atoms with van der Waals surface area (Å²) in [7, 11) is 0. The molecule has 64 valence electrons. The van der Waals surface area contributed by atoms with Crippen molar-refractivity contribution in [2.45, 2.75) is 6.92 Å². The summed E-state index contributed by atoms with van der Waals surface area (Å²) < 4.78 is 0. The Kier molecular flexibility index (Phi) is 2.25. The van der Waals surface area contributed by atoms with E-state index in [9.17, 15) is 10.1 Å². The molecule has 0 saturated heterocycles. The minimum atomic E-state index is -0.533. The van der Waals surface area contributed by atoms with E-state index in [0.717, 1.165) is 0 Å². The molecule has 0 saturated carbocycles. The van der Waals surface area contributed by atoms with Crippen LogP contribution in [0.15, 0.2) is 18.2 Å². The van der Waals surface area contributed by atoms with Crippen LogP contribution in [0.25, 0.3) is 0 Å². The molecule has 0 aliphatic rings. The summed E-state index contributed by atoms with van der Waals surface area (Å²) in [5.41, 5.74) is 0.532. The molecule has 0 bridgehead atoms. The van der Waals surface area contributed by atoms with Crippen LogP contribution in [0.5, 0.6) is 5.75 Å². The van der Waals surface area contributed by atoms with Crippen molar-refractivity contribution in [3.8, 4) is 5.75 Å². The quantitative estimate of drug-likeness (QED) is 0.530. The fourth-order valence-corrected chi connectivity index (χ4v) is 0.934. The molecule has 12 heavy (non-hydrogen) atoms. The number of nitro groups is 1. The van der Waals surface area contributed by atoms with Crippen molar-refractivity contribution in [2.24, 2.45) is 5.90 Å². The predicted molar refractivity (Wildman–Crippen MR) is 42.6 cm³/mol. The number of nitrogens with zero attached hydrogens (tertiary/aromatic N) is 1. The summed E-state index contributed by atoms with van der Waals surface area (Å²) in [4.78, 5) is 14.3. The van der Waals surface area contributed by atoms with E-state index in [1.807, 2.05) is 0 Å².